The van der Waals surface area contributed by atoms with Crippen LogP contribution in [0.5, 0.6) is 0 Å². The first-order chi connectivity index (χ1) is 8.81. The number of benzene rings is 1. The molecule has 1 aromatic carbocycles. The van der Waals surface area contributed by atoms with E-state index in [1.165, 1.54) is 18.2 Å². The van der Waals surface area contributed by atoms with Crippen LogP contribution in [0.2, 0.25) is 5.02 Å². The number of carbonyl (C=O) groups excluding carboxylic acids is 1. The smallest absolute Gasteiger partial charge is 0.326 e. The number of carbonyl (C=O) groups is 2. The lowest BCUT2D eigenvalue weighted by Crippen LogP contribution is -2.41. The first-order valence-corrected chi connectivity index (χ1v) is 6.27. The molecule has 0 unspecified atom stereocenters. The van der Waals surface area contributed by atoms with Crippen LogP contribution in [0.15, 0.2) is 18.2 Å². The number of anilines is 1. The van der Waals surface area contributed by atoms with Gasteiger partial charge in [-0.05, 0) is 30.5 Å². The molecule has 1 aromatic rings. The average Bonchev–Trinajstić information content (AvgIpc) is 2.31. The molecule has 0 fully saturated rings. The third-order valence-electron chi connectivity index (χ3n) is 2.57. The molecule has 1 amide bonds. The maximum atomic E-state index is 11.9. The molecule has 0 saturated heterocycles. The van der Waals surface area contributed by atoms with Crippen molar-refractivity contribution in [3.63, 3.8) is 0 Å². The normalized spacial score (nSPS) is 12.2. The second-order valence-electron chi connectivity index (χ2n) is 4.73. The van der Waals surface area contributed by atoms with Gasteiger partial charge in [0.2, 0.25) is 0 Å². The van der Waals surface area contributed by atoms with E-state index in [0.717, 1.165) is 0 Å². The van der Waals surface area contributed by atoms with Crippen LogP contribution in [0.1, 0.15) is 30.6 Å². The zero-order chi connectivity index (χ0) is 14.6. The van der Waals surface area contributed by atoms with Crippen molar-refractivity contribution in [3.05, 3.63) is 28.8 Å². The van der Waals surface area contributed by atoms with Crippen LogP contribution < -0.4 is 11.1 Å². The van der Waals surface area contributed by atoms with Gasteiger partial charge in [-0.2, -0.15) is 0 Å². The van der Waals surface area contributed by atoms with Crippen LogP contribution in [-0.4, -0.2) is 23.0 Å². The minimum Gasteiger partial charge on any atom is -0.480 e. The van der Waals surface area contributed by atoms with Crippen LogP contribution >= 0.6 is 11.6 Å². The second-order valence-corrected chi connectivity index (χ2v) is 5.14. The largest absolute Gasteiger partial charge is 0.480 e. The maximum absolute atomic E-state index is 11.9. The number of nitrogens with two attached hydrogens (primary N) is 1. The Hall–Kier alpha value is -1.75. The van der Waals surface area contributed by atoms with Gasteiger partial charge in [-0.25, -0.2) is 4.79 Å². The van der Waals surface area contributed by atoms with E-state index < -0.39 is 17.9 Å². The molecule has 5 nitrogen and oxygen atoms in total. The summed E-state index contributed by atoms with van der Waals surface area (Å²) in [5.41, 5.74) is 6.17. The fourth-order valence-electron chi connectivity index (χ4n) is 1.62. The Bertz CT molecular complexity index is 489. The summed E-state index contributed by atoms with van der Waals surface area (Å²) in [6.07, 6.45) is 0.365. The van der Waals surface area contributed by atoms with Gasteiger partial charge in [0.05, 0.1) is 10.7 Å². The van der Waals surface area contributed by atoms with Gasteiger partial charge in [-0.1, -0.05) is 25.4 Å². The van der Waals surface area contributed by atoms with E-state index in [-0.39, 0.29) is 17.2 Å². The van der Waals surface area contributed by atoms with Gasteiger partial charge in [0.25, 0.3) is 5.91 Å². The molecular formula is C13H17ClN2O3. The molecule has 0 saturated carbocycles. The molecule has 19 heavy (non-hydrogen) atoms. The standard InChI is InChI=1S/C13H17ClN2O3/c1-7(2)5-11(13(18)19)16-12(17)8-3-4-9(14)10(15)6-8/h3-4,6-7,11H,5,15H2,1-2H3,(H,16,17)(H,18,19)/t11-/m1/s1. The number of nitrogen functional groups attached to an aromatic ring is 1. The Labute approximate surface area is 116 Å². The quantitative estimate of drug-likeness (QED) is 0.722. The van der Waals surface area contributed by atoms with Gasteiger partial charge >= 0.3 is 5.97 Å². The number of hydrogen-bond acceptors (Lipinski definition) is 3. The summed E-state index contributed by atoms with van der Waals surface area (Å²) in [6, 6.07) is 3.52. The van der Waals surface area contributed by atoms with Crippen LogP contribution in [-0.2, 0) is 4.79 Å². The van der Waals surface area contributed by atoms with Crippen molar-refractivity contribution in [2.45, 2.75) is 26.3 Å². The minimum absolute atomic E-state index is 0.164. The highest BCUT2D eigenvalue weighted by Crippen LogP contribution is 2.19. The first-order valence-electron chi connectivity index (χ1n) is 5.90. The molecule has 0 bridgehead atoms. The van der Waals surface area contributed by atoms with E-state index in [4.69, 9.17) is 22.4 Å². The molecule has 0 radical (unpaired) electrons. The average molecular weight is 285 g/mol. The van der Waals surface area contributed by atoms with Crippen LogP contribution in [0, 0.1) is 5.92 Å². The monoisotopic (exact) mass is 284 g/mol. The Balaban J connectivity index is 2.81. The van der Waals surface area contributed by atoms with E-state index in [9.17, 15) is 9.59 Å². The van der Waals surface area contributed by atoms with E-state index in [2.05, 4.69) is 5.32 Å². The number of nitrogens with one attached hydrogen (secondary N) is 1. The third kappa shape index (κ3) is 4.44. The zero-order valence-electron chi connectivity index (χ0n) is 10.8. The van der Waals surface area contributed by atoms with E-state index in [1.54, 1.807) is 0 Å². The Morgan fingerprint density at radius 2 is 2.05 bits per heavy atom. The summed E-state index contributed by atoms with van der Waals surface area (Å²) in [4.78, 5) is 23.0. The van der Waals surface area contributed by atoms with Crippen LogP contribution in [0.3, 0.4) is 0 Å². The molecule has 6 heteroatoms. The van der Waals surface area contributed by atoms with Crippen molar-refractivity contribution in [1.29, 1.82) is 0 Å². The summed E-state index contributed by atoms with van der Waals surface area (Å²) in [5, 5.41) is 11.9. The molecule has 104 valence electrons. The van der Waals surface area contributed by atoms with Crippen molar-refractivity contribution in [2.75, 3.05) is 5.73 Å². The topological polar surface area (TPSA) is 92.4 Å². The highest BCUT2D eigenvalue weighted by Gasteiger charge is 2.21. The van der Waals surface area contributed by atoms with Gasteiger partial charge in [0.1, 0.15) is 6.04 Å². The highest BCUT2D eigenvalue weighted by atomic mass is 35.5. The number of halogens is 1. The zero-order valence-corrected chi connectivity index (χ0v) is 11.6. The van der Waals surface area contributed by atoms with Gasteiger partial charge in [-0.15, -0.1) is 0 Å². The fraction of sp³-hybridized carbons (Fsp3) is 0.385. The van der Waals surface area contributed by atoms with Gasteiger partial charge < -0.3 is 16.2 Å². The molecule has 4 N–H and O–H groups in total. The van der Waals surface area contributed by atoms with E-state index >= 15 is 0 Å². The van der Waals surface area contributed by atoms with Crippen LogP contribution in [0.25, 0.3) is 0 Å². The summed E-state index contributed by atoms with van der Waals surface area (Å²) in [7, 11) is 0. The lowest BCUT2D eigenvalue weighted by molar-refractivity contribution is -0.139. The van der Waals surface area contributed by atoms with E-state index in [0.29, 0.717) is 11.4 Å². The lowest BCUT2D eigenvalue weighted by atomic mass is 10.0. The van der Waals surface area contributed by atoms with Gasteiger partial charge in [0.15, 0.2) is 0 Å². The summed E-state index contributed by atoms with van der Waals surface area (Å²) in [6.45, 7) is 3.78. The molecule has 1 atom stereocenters. The number of hydrogen-bond donors (Lipinski definition) is 3. The maximum Gasteiger partial charge on any atom is 0.326 e. The summed E-state index contributed by atoms with van der Waals surface area (Å²) < 4.78 is 0. The number of rotatable bonds is 5. The predicted octanol–water partition coefficient (Wildman–Crippen LogP) is 2.15. The van der Waals surface area contributed by atoms with Gasteiger partial charge in [-0.3, -0.25) is 4.79 Å². The van der Waals surface area contributed by atoms with Crippen molar-refractivity contribution < 1.29 is 14.7 Å². The highest BCUT2D eigenvalue weighted by molar-refractivity contribution is 6.33. The number of aliphatic carboxylic acids is 1. The summed E-state index contributed by atoms with van der Waals surface area (Å²) >= 11 is 5.76. The fourth-order valence-corrected chi connectivity index (χ4v) is 1.74. The van der Waals surface area contributed by atoms with E-state index in [1.807, 2.05) is 13.8 Å². The predicted molar refractivity (Wildman–Crippen MR) is 74.2 cm³/mol. The Morgan fingerprint density at radius 1 is 1.42 bits per heavy atom. The molecular weight excluding hydrogens is 268 g/mol. The van der Waals surface area contributed by atoms with Crippen molar-refractivity contribution in [1.82, 2.24) is 5.32 Å². The number of carboxylic acids is 1. The Kier molecular flexibility index (Phi) is 5.18. The molecule has 0 heterocycles. The molecule has 0 aliphatic heterocycles. The molecule has 0 spiro atoms. The second kappa shape index (κ2) is 6.43. The molecule has 1 rings (SSSR count). The SMILES string of the molecule is CC(C)C[C@@H](NC(=O)c1ccc(Cl)c(N)c1)C(=O)O. The third-order valence-corrected chi connectivity index (χ3v) is 2.91. The van der Waals surface area contributed by atoms with Crippen molar-refractivity contribution in [3.8, 4) is 0 Å². The number of carboxylic acid groups (broad SMARTS) is 1. The van der Waals surface area contributed by atoms with Crippen molar-refractivity contribution in [2.24, 2.45) is 5.92 Å². The molecule has 0 aliphatic carbocycles. The lowest BCUT2D eigenvalue weighted by Gasteiger charge is -2.16. The van der Waals surface area contributed by atoms with Crippen molar-refractivity contribution >= 4 is 29.2 Å². The Morgan fingerprint density at radius 3 is 2.53 bits per heavy atom. The van der Waals surface area contributed by atoms with Gasteiger partial charge in [0, 0.05) is 5.56 Å². The van der Waals surface area contributed by atoms with Crippen LogP contribution in [0.4, 0.5) is 5.69 Å². The molecule has 0 aromatic heterocycles. The summed E-state index contributed by atoms with van der Waals surface area (Å²) in [5.74, 6) is -1.36. The first kappa shape index (κ1) is 15.3. The minimum atomic E-state index is -1.05. The number of amides is 1. The molecule has 0 aliphatic rings.